The number of nitrogens with zero attached hydrogens (tertiary/aromatic N) is 3. The van der Waals surface area contributed by atoms with Crippen molar-refractivity contribution >= 4 is 28.8 Å². The van der Waals surface area contributed by atoms with Gasteiger partial charge in [-0.25, -0.2) is 9.78 Å². The number of ether oxygens (including phenoxy) is 1. The number of primary amides is 1. The lowest BCUT2D eigenvalue weighted by atomic mass is 9.95. The lowest BCUT2D eigenvalue weighted by molar-refractivity contribution is 0.182. The third-order valence-corrected chi connectivity index (χ3v) is 5.90. The molecule has 0 aromatic carbocycles. The molecule has 0 unspecified atom stereocenters. The molecule has 0 aliphatic heterocycles. The molecule has 0 radical (unpaired) electrons. The van der Waals surface area contributed by atoms with Gasteiger partial charge in [-0.2, -0.15) is 4.98 Å². The van der Waals surface area contributed by atoms with Crippen molar-refractivity contribution in [2.75, 3.05) is 18.2 Å². The first kappa shape index (κ1) is 21.9. The summed E-state index contributed by atoms with van der Waals surface area (Å²) >= 11 is 0. The fourth-order valence-corrected chi connectivity index (χ4v) is 4.34. The molecule has 1 amide bonds. The van der Waals surface area contributed by atoms with Gasteiger partial charge < -0.3 is 21.5 Å². The van der Waals surface area contributed by atoms with Crippen LogP contribution in [0, 0.1) is 0 Å². The van der Waals surface area contributed by atoms with Crippen LogP contribution in [0.15, 0.2) is 17.1 Å². The monoisotopic (exact) mass is 416 g/mol. The average Bonchev–Trinajstić information content (AvgIpc) is 2.75. The highest BCUT2D eigenvalue weighted by Crippen LogP contribution is 2.30. The van der Waals surface area contributed by atoms with Gasteiger partial charge in [-0.1, -0.05) is 38.5 Å². The van der Waals surface area contributed by atoms with E-state index in [4.69, 9.17) is 10.7 Å². The van der Waals surface area contributed by atoms with Gasteiger partial charge in [0, 0.05) is 30.0 Å². The first-order chi connectivity index (χ1) is 14.5. The summed E-state index contributed by atoms with van der Waals surface area (Å²) in [5.41, 5.74) is 11.6. The van der Waals surface area contributed by atoms with Gasteiger partial charge in [-0.3, -0.25) is 9.36 Å². The Morgan fingerprint density at radius 3 is 2.33 bits per heavy atom. The molecule has 164 valence electrons. The SMILES string of the molecule is COC(N)=O.Nc1cc(=O)n(C2CCCCC2)c2nc(NC3CCCCC3)ncc12. The van der Waals surface area contributed by atoms with Gasteiger partial charge in [0.25, 0.3) is 5.56 Å². The minimum Gasteiger partial charge on any atom is -0.453 e. The Morgan fingerprint density at radius 2 is 1.73 bits per heavy atom. The molecule has 2 heterocycles. The first-order valence-corrected chi connectivity index (χ1v) is 10.8. The van der Waals surface area contributed by atoms with Crippen molar-refractivity contribution in [3.05, 3.63) is 22.6 Å². The van der Waals surface area contributed by atoms with Crippen LogP contribution < -0.4 is 22.3 Å². The number of methoxy groups -OCH3 is 1. The summed E-state index contributed by atoms with van der Waals surface area (Å²) < 4.78 is 5.75. The summed E-state index contributed by atoms with van der Waals surface area (Å²) in [6.07, 6.45) is 12.8. The van der Waals surface area contributed by atoms with E-state index in [2.05, 4.69) is 20.8 Å². The number of anilines is 2. The van der Waals surface area contributed by atoms with Crippen LogP contribution in [0.1, 0.15) is 70.3 Å². The van der Waals surface area contributed by atoms with Crippen molar-refractivity contribution in [3.63, 3.8) is 0 Å². The molecule has 9 heteroatoms. The molecule has 5 N–H and O–H groups in total. The van der Waals surface area contributed by atoms with Crippen LogP contribution in [0.5, 0.6) is 0 Å². The molecule has 2 fully saturated rings. The molecule has 9 nitrogen and oxygen atoms in total. The molecule has 0 atom stereocenters. The standard InChI is InChI=1S/C19H27N5O.C2H5NO2/c20-16-11-17(25)24(14-9-5-2-6-10-14)18-15(16)12-21-19(23-18)22-13-7-3-1-4-8-13;1-5-2(3)4/h11-14H,1-10,20H2,(H,21,22,23);1H3,(H2,3,4). The second-order valence-corrected chi connectivity index (χ2v) is 8.03. The normalized spacial score (nSPS) is 17.8. The predicted molar refractivity (Wildman–Crippen MR) is 117 cm³/mol. The Morgan fingerprint density at radius 1 is 1.13 bits per heavy atom. The predicted octanol–water partition coefficient (Wildman–Crippen LogP) is 3.34. The van der Waals surface area contributed by atoms with Crippen LogP contribution >= 0.6 is 0 Å². The van der Waals surface area contributed by atoms with Crippen LogP contribution in [-0.2, 0) is 4.74 Å². The average molecular weight is 417 g/mol. The van der Waals surface area contributed by atoms with Crippen molar-refractivity contribution in [3.8, 4) is 0 Å². The summed E-state index contributed by atoms with van der Waals surface area (Å²) in [6, 6.07) is 2.18. The number of carbonyl (C=O) groups excluding carboxylic acids is 1. The lowest BCUT2D eigenvalue weighted by Gasteiger charge is -2.26. The molecular weight excluding hydrogens is 384 g/mol. The molecule has 2 aliphatic rings. The lowest BCUT2D eigenvalue weighted by Crippen LogP contribution is -2.28. The fraction of sp³-hybridized carbons (Fsp3) is 0.619. The zero-order chi connectivity index (χ0) is 21.5. The molecule has 2 aromatic rings. The zero-order valence-electron chi connectivity index (χ0n) is 17.6. The van der Waals surface area contributed by atoms with E-state index in [1.54, 1.807) is 6.20 Å². The van der Waals surface area contributed by atoms with Gasteiger partial charge in [0.05, 0.1) is 12.5 Å². The minimum absolute atomic E-state index is 0.0424. The zero-order valence-corrected chi connectivity index (χ0v) is 17.6. The Labute approximate surface area is 176 Å². The van der Waals surface area contributed by atoms with Gasteiger partial charge in [0.2, 0.25) is 5.95 Å². The summed E-state index contributed by atoms with van der Waals surface area (Å²) in [6.45, 7) is 0. The van der Waals surface area contributed by atoms with Gasteiger partial charge in [0.1, 0.15) is 0 Å². The van der Waals surface area contributed by atoms with Gasteiger partial charge in [0.15, 0.2) is 5.65 Å². The van der Waals surface area contributed by atoms with E-state index >= 15 is 0 Å². The number of fused-ring (bicyclic) bond motifs is 1. The number of carbonyl (C=O) groups is 1. The highest BCUT2D eigenvalue weighted by Gasteiger charge is 2.21. The number of nitrogens with two attached hydrogens (primary N) is 2. The van der Waals surface area contributed by atoms with E-state index in [9.17, 15) is 9.59 Å². The van der Waals surface area contributed by atoms with Gasteiger partial charge in [-0.15, -0.1) is 0 Å². The molecule has 2 saturated carbocycles. The molecule has 0 saturated heterocycles. The number of amides is 1. The largest absolute Gasteiger partial charge is 0.453 e. The molecule has 30 heavy (non-hydrogen) atoms. The smallest absolute Gasteiger partial charge is 0.404 e. The highest BCUT2D eigenvalue weighted by atomic mass is 16.5. The quantitative estimate of drug-likeness (QED) is 0.697. The number of hydrogen-bond acceptors (Lipinski definition) is 7. The molecule has 0 spiro atoms. The Kier molecular flexibility index (Phi) is 7.48. The summed E-state index contributed by atoms with van der Waals surface area (Å²) in [5, 5.41) is 4.24. The number of nitrogens with one attached hydrogen (secondary N) is 1. The Hall–Kier alpha value is -2.84. The number of hydrogen-bond donors (Lipinski definition) is 3. The third-order valence-electron chi connectivity index (χ3n) is 5.90. The van der Waals surface area contributed by atoms with Gasteiger partial charge in [-0.05, 0) is 25.7 Å². The van der Waals surface area contributed by atoms with Crippen molar-refractivity contribution in [2.24, 2.45) is 5.73 Å². The van der Waals surface area contributed by atoms with Crippen LogP contribution in [-0.4, -0.2) is 33.8 Å². The fourth-order valence-electron chi connectivity index (χ4n) is 4.34. The van der Waals surface area contributed by atoms with Crippen molar-refractivity contribution < 1.29 is 9.53 Å². The summed E-state index contributed by atoms with van der Waals surface area (Å²) in [4.78, 5) is 31.2. The van der Waals surface area contributed by atoms with Crippen LogP contribution in [0.25, 0.3) is 11.0 Å². The number of nitrogen functional groups attached to an aromatic ring is 1. The van der Waals surface area contributed by atoms with E-state index in [1.165, 1.54) is 51.7 Å². The van der Waals surface area contributed by atoms with Crippen LogP contribution in [0.3, 0.4) is 0 Å². The van der Waals surface area contributed by atoms with Crippen molar-refractivity contribution in [2.45, 2.75) is 76.3 Å². The number of rotatable bonds is 3. The molecule has 2 aliphatic carbocycles. The number of pyridine rings is 1. The summed E-state index contributed by atoms with van der Waals surface area (Å²) in [5.74, 6) is 0.619. The van der Waals surface area contributed by atoms with Crippen molar-refractivity contribution in [1.29, 1.82) is 0 Å². The topological polar surface area (TPSA) is 138 Å². The second-order valence-electron chi connectivity index (χ2n) is 8.03. The Balaban J connectivity index is 0.000000461. The van der Waals surface area contributed by atoms with E-state index in [0.29, 0.717) is 23.3 Å². The maximum atomic E-state index is 12.7. The van der Waals surface area contributed by atoms with Crippen LogP contribution in [0.2, 0.25) is 0 Å². The van der Waals surface area contributed by atoms with E-state index in [0.717, 1.165) is 31.1 Å². The number of aromatic nitrogens is 3. The molecule has 4 rings (SSSR count). The Bertz CT molecular complexity index is 917. The maximum Gasteiger partial charge on any atom is 0.404 e. The molecular formula is C21H32N6O3. The van der Waals surface area contributed by atoms with E-state index in [-0.39, 0.29) is 11.6 Å². The van der Waals surface area contributed by atoms with Gasteiger partial charge >= 0.3 is 6.09 Å². The highest BCUT2D eigenvalue weighted by molar-refractivity contribution is 5.87. The summed E-state index contributed by atoms with van der Waals surface area (Å²) in [7, 11) is 1.22. The molecule has 2 aromatic heterocycles. The first-order valence-electron chi connectivity index (χ1n) is 10.8. The minimum atomic E-state index is -0.745. The van der Waals surface area contributed by atoms with E-state index in [1.807, 2.05) is 4.57 Å². The second kappa shape index (κ2) is 10.3. The van der Waals surface area contributed by atoms with Crippen LogP contribution in [0.4, 0.5) is 16.4 Å². The van der Waals surface area contributed by atoms with Crippen molar-refractivity contribution in [1.82, 2.24) is 14.5 Å². The third kappa shape index (κ3) is 5.40. The van der Waals surface area contributed by atoms with E-state index < -0.39 is 6.09 Å². The molecule has 0 bridgehead atoms. The maximum absolute atomic E-state index is 12.7.